The van der Waals surface area contributed by atoms with Crippen molar-refractivity contribution in [1.29, 1.82) is 0 Å². The van der Waals surface area contributed by atoms with Crippen molar-refractivity contribution >= 4 is 34.9 Å². The molecule has 0 saturated carbocycles. The fourth-order valence-corrected chi connectivity index (χ4v) is 5.59. The Labute approximate surface area is 158 Å². The van der Waals surface area contributed by atoms with Crippen LogP contribution in [0, 0.1) is 6.92 Å². The van der Waals surface area contributed by atoms with E-state index in [4.69, 9.17) is 0 Å². The molecule has 1 aliphatic rings. The molecule has 0 aliphatic carbocycles. The van der Waals surface area contributed by atoms with E-state index in [0.29, 0.717) is 0 Å². The molecule has 0 amide bonds. The van der Waals surface area contributed by atoms with Gasteiger partial charge in [-0.05, 0) is 60.9 Å². The second-order valence-electron chi connectivity index (χ2n) is 6.28. The third kappa shape index (κ3) is 3.07. The molecular formula is C22H21NS2. The van der Waals surface area contributed by atoms with E-state index >= 15 is 0 Å². The minimum Gasteiger partial charge on any atom is -0.343 e. The van der Waals surface area contributed by atoms with Crippen LogP contribution in [-0.2, 0) is 6.42 Å². The largest absolute Gasteiger partial charge is 0.343 e. The molecule has 0 N–H and O–H groups in total. The SMILES string of the molecule is CCc1cc2c(cc1C)Sc1ccccc1Sc1ccccc1N2C. The number of benzene rings is 3. The fourth-order valence-electron chi connectivity index (χ4n) is 3.24. The van der Waals surface area contributed by atoms with Crippen molar-refractivity contribution in [3.8, 4) is 0 Å². The average Bonchev–Trinajstić information content (AvgIpc) is 2.67. The minimum absolute atomic E-state index is 1.06. The molecule has 0 fully saturated rings. The lowest BCUT2D eigenvalue weighted by molar-refractivity contribution is 1.07. The maximum atomic E-state index is 2.37. The van der Waals surface area contributed by atoms with Crippen LogP contribution in [-0.4, -0.2) is 7.05 Å². The zero-order chi connectivity index (χ0) is 17.4. The molecule has 0 bridgehead atoms. The molecule has 0 atom stereocenters. The van der Waals surface area contributed by atoms with Crippen LogP contribution in [0.2, 0.25) is 0 Å². The number of nitrogens with zero attached hydrogens (tertiary/aromatic N) is 1. The maximum Gasteiger partial charge on any atom is 0.0553 e. The first-order chi connectivity index (χ1) is 12.2. The van der Waals surface area contributed by atoms with Crippen molar-refractivity contribution in [2.24, 2.45) is 0 Å². The van der Waals surface area contributed by atoms with Gasteiger partial charge in [-0.25, -0.2) is 0 Å². The zero-order valence-electron chi connectivity index (χ0n) is 14.7. The summed E-state index contributed by atoms with van der Waals surface area (Å²) in [6.07, 6.45) is 1.06. The molecule has 3 heteroatoms. The molecule has 1 nitrogen and oxygen atoms in total. The predicted octanol–water partition coefficient (Wildman–Crippen LogP) is 6.94. The zero-order valence-corrected chi connectivity index (χ0v) is 16.4. The van der Waals surface area contributed by atoms with E-state index in [1.54, 1.807) is 0 Å². The summed E-state index contributed by atoms with van der Waals surface area (Å²) in [5.41, 5.74) is 5.35. The molecule has 126 valence electrons. The van der Waals surface area contributed by atoms with Crippen molar-refractivity contribution < 1.29 is 0 Å². The highest BCUT2D eigenvalue weighted by molar-refractivity contribution is 8.02. The quantitative estimate of drug-likeness (QED) is 0.461. The Morgan fingerprint density at radius 2 is 1.36 bits per heavy atom. The highest BCUT2D eigenvalue weighted by Gasteiger charge is 2.20. The molecule has 0 spiro atoms. The number of rotatable bonds is 1. The van der Waals surface area contributed by atoms with Crippen LogP contribution in [0.5, 0.6) is 0 Å². The van der Waals surface area contributed by atoms with Crippen molar-refractivity contribution in [1.82, 2.24) is 0 Å². The van der Waals surface area contributed by atoms with Gasteiger partial charge in [0, 0.05) is 26.6 Å². The summed E-state index contributed by atoms with van der Waals surface area (Å²) in [7, 11) is 2.18. The van der Waals surface area contributed by atoms with Gasteiger partial charge in [0.05, 0.1) is 11.4 Å². The van der Waals surface area contributed by atoms with E-state index in [2.05, 4.69) is 86.5 Å². The Bertz CT molecular complexity index is 933. The number of aryl methyl sites for hydroxylation is 2. The lowest BCUT2D eigenvalue weighted by Gasteiger charge is -2.25. The monoisotopic (exact) mass is 363 g/mol. The Kier molecular flexibility index (Phi) is 4.53. The van der Waals surface area contributed by atoms with E-state index in [0.717, 1.165) is 6.42 Å². The smallest absolute Gasteiger partial charge is 0.0553 e. The minimum atomic E-state index is 1.06. The topological polar surface area (TPSA) is 3.24 Å². The molecular weight excluding hydrogens is 342 g/mol. The van der Waals surface area contributed by atoms with Gasteiger partial charge in [0.2, 0.25) is 0 Å². The fraction of sp³-hybridized carbons (Fsp3) is 0.182. The highest BCUT2D eigenvalue weighted by Crippen LogP contribution is 2.48. The standard InChI is InChI=1S/C22H21NS2/c1-4-16-14-18-22(13-15(16)2)25-21-12-8-7-11-20(21)24-19-10-6-5-9-17(19)23(18)3/h5-14H,4H2,1-3H3. The van der Waals surface area contributed by atoms with Gasteiger partial charge >= 0.3 is 0 Å². The van der Waals surface area contributed by atoms with Gasteiger partial charge in [0.1, 0.15) is 0 Å². The van der Waals surface area contributed by atoms with Crippen molar-refractivity contribution in [3.05, 3.63) is 71.8 Å². The van der Waals surface area contributed by atoms with Gasteiger partial charge in [-0.3, -0.25) is 0 Å². The molecule has 1 aliphatic heterocycles. The molecule has 0 aromatic heterocycles. The lowest BCUT2D eigenvalue weighted by Crippen LogP contribution is -2.12. The van der Waals surface area contributed by atoms with Gasteiger partial charge in [-0.15, -0.1) is 0 Å². The lowest BCUT2D eigenvalue weighted by atomic mass is 10.0. The first kappa shape index (κ1) is 16.6. The molecule has 4 rings (SSSR count). The van der Waals surface area contributed by atoms with Crippen LogP contribution >= 0.6 is 23.5 Å². The summed E-state index contributed by atoms with van der Waals surface area (Å²) in [6, 6.07) is 22.1. The third-order valence-electron chi connectivity index (χ3n) is 4.68. The van der Waals surface area contributed by atoms with Crippen LogP contribution in [0.15, 0.2) is 80.2 Å². The van der Waals surface area contributed by atoms with E-state index in [1.807, 2.05) is 23.5 Å². The highest BCUT2D eigenvalue weighted by atomic mass is 32.2. The van der Waals surface area contributed by atoms with E-state index in [9.17, 15) is 0 Å². The van der Waals surface area contributed by atoms with Gasteiger partial charge in [-0.1, -0.05) is 54.7 Å². The molecule has 0 unspecified atom stereocenters. The predicted molar refractivity (Wildman–Crippen MR) is 110 cm³/mol. The van der Waals surface area contributed by atoms with Gasteiger partial charge < -0.3 is 4.90 Å². The Morgan fingerprint density at radius 3 is 2.04 bits per heavy atom. The molecule has 25 heavy (non-hydrogen) atoms. The van der Waals surface area contributed by atoms with Gasteiger partial charge in [0.15, 0.2) is 0 Å². The van der Waals surface area contributed by atoms with Crippen molar-refractivity contribution in [2.75, 3.05) is 11.9 Å². The molecule has 1 heterocycles. The second kappa shape index (κ2) is 6.81. The van der Waals surface area contributed by atoms with Crippen molar-refractivity contribution in [3.63, 3.8) is 0 Å². The Hall–Kier alpha value is -1.84. The van der Waals surface area contributed by atoms with Crippen LogP contribution < -0.4 is 4.90 Å². The number of anilines is 2. The summed E-state index contributed by atoms with van der Waals surface area (Å²) in [5.74, 6) is 0. The second-order valence-corrected chi connectivity index (χ2v) is 8.45. The van der Waals surface area contributed by atoms with Crippen LogP contribution in [0.25, 0.3) is 0 Å². The van der Waals surface area contributed by atoms with Crippen molar-refractivity contribution in [2.45, 2.75) is 39.9 Å². The average molecular weight is 364 g/mol. The normalized spacial score (nSPS) is 13.2. The molecule has 0 radical (unpaired) electrons. The summed E-state index contributed by atoms with van der Waals surface area (Å²) < 4.78 is 0. The number of para-hydroxylation sites is 1. The Balaban J connectivity index is 1.99. The van der Waals surface area contributed by atoms with Crippen LogP contribution in [0.3, 0.4) is 0 Å². The first-order valence-corrected chi connectivity index (χ1v) is 10.2. The number of hydrogen-bond donors (Lipinski definition) is 0. The molecule has 3 aromatic carbocycles. The van der Waals surface area contributed by atoms with E-state index < -0.39 is 0 Å². The number of fused-ring (bicyclic) bond motifs is 3. The summed E-state index contributed by atoms with van der Waals surface area (Å²) in [5, 5.41) is 0. The maximum absolute atomic E-state index is 2.37. The number of hydrogen-bond acceptors (Lipinski definition) is 3. The molecule has 3 aromatic rings. The van der Waals surface area contributed by atoms with Crippen LogP contribution in [0.4, 0.5) is 11.4 Å². The Morgan fingerprint density at radius 1 is 0.760 bits per heavy atom. The van der Waals surface area contributed by atoms with Gasteiger partial charge in [-0.2, -0.15) is 0 Å². The summed E-state index contributed by atoms with van der Waals surface area (Å²) in [6.45, 7) is 4.46. The molecule has 0 saturated heterocycles. The van der Waals surface area contributed by atoms with Crippen LogP contribution in [0.1, 0.15) is 18.1 Å². The third-order valence-corrected chi connectivity index (χ3v) is 7.07. The van der Waals surface area contributed by atoms with E-state index in [-0.39, 0.29) is 0 Å². The summed E-state index contributed by atoms with van der Waals surface area (Å²) >= 11 is 3.73. The van der Waals surface area contributed by atoms with Gasteiger partial charge in [0.25, 0.3) is 0 Å². The van der Waals surface area contributed by atoms with E-state index in [1.165, 1.54) is 42.1 Å². The summed E-state index contributed by atoms with van der Waals surface area (Å²) in [4.78, 5) is 7.60. The first-order valence-electron chi connectivity index (χ1n) is 8.58.